The van der Waals surface area contributed by atoms with Gasteiger partial charge in [0, 0.05) is 12.3 Å². The van der Waals surface area contributed by atoms with Crippen molar-refractivity contribution in [1.29, 1.82) is 0 Å². The quantitative estimate of drug-likeness (QED) is 0.440. The Morgan fingerprint density at radius 3 is 2.05 bits per heavy atom. The van der Waals surface area contributed by atoms with E-state index in [0.717, 1.165) is 5.56 Å². The van der Waals surface area contributed by atoms with Crippen molar-refractivity contribution in [3.63, 3.8) is 0 Å². The van der Waals surface area contributed by atoms with E-state index in [-0.39, 0.29) is 6.42 Å². The van der Waals surface area contributed by atoms with Gasteiger partial charge in [0.05, 0.1) is 14.2 Å². The highest BCUT2D eigenvalue weighted by Gasteiger charge is 2.37. The molecule has 0 amide bonds. The topological polar surface area (TPSA) is 69.7 Å². The summed E-state index contributed by atoms with van der Waals surface area (Å²) in [6.45, 7) is 0. The van der Waals surface area contributed by atoms with Gasteiger partial charge in [0.1, 0.15) is 6.29 Å². The summed E-state index contributed by atoms with van der Waals surface area (Å²) in [5.74, 6) is -3.13. The normalized spacial score (nSPS) is 11.7. The second-order valence-electron chi connectivity index (χ2n) is 3.94. The van der Waals surface area contributed by atoms with Crippen molar-refractivity contribution in [2.75, 3.05) is 14.2 Å². The Morgan fingerprint density at radius 2 is 1.63 bits per heavy atom. The van der Waals surface area contributed by atoms with E-state index in [1.807, 2.05) is 6.07 Å². The van der Waals surface area contributed by atoms with Gasteiger partial charge in [-0.25, -0.2) is 0 Å². The van der Waals surface area contributed by atoms with Crippen molar-refractivity contribution >= 4 is 18.2 Å². The van der Waals surface area contributed by atoms with E-state index in [1.165, 1.54) is 14.2 Å². The maximum atomic E-state index is 11.8. The molecule has 0 aromatic heterocycles. The van der Waals surface area contributed by atoms with Gasteiger partial charge < -0.3 is 14.3 Å². The zero-order valence-corrected chi connectivity index (χ0v) is 10.9. The Balaban J connectivity index is 3.15. The summed E-state index contributed by atoms with van der Waals surface area (Å²) < 4.78 is 9.26. The van der Waals surface area contributed by atoms with Gasteiger partial charge in [-0.1, -0.05) is 30.3 Å². The van der Waals surface area contributed by atoms with Crippen molar-refractivity contribution in [3.8, 4) is 0 Å². The van der Waals surface area contributed by atoms with Gasteiger partial charge in [0.2, 0.25) is 0 Å². The maximum absolute atomic E-state index is 11.8. The summed E-state index contributed by atoms with van der Waals surface area (Å²) >= 11 is 0. The summed E-state index contributed by atoms with van der Waals surface area (Å²) in [6.07, 6.45) is 0.718. The summed E-state index contributed by atoms with van der Waals surface area (Å²) in [5, 5.41) is 0. The van der Waals surface area contributed by atoms with Crippen LogP contribution in [0.1, 0.15) is 17.9 Å². The predicted molar refractivity (Wildman–Crippen MR) is 67.4 cm³/mol. The van der Waals surface area contributed by atoms with Gasteiger partial charge in [-0.2, -0.15) is 0 Å². The molecule has 0 aliphatic carbocycles. The molecule has 5 nitrogen and oxygen atoms in total. The molecule has 1 unspecified atom stereocenters. The van der Waals surface area contributed by atoms with Gasteiger partial charge in [0.25, 0.3) is 0 Å². The Labute approximate surface area is 111 Å². The third-order valence-corrected chi connectivity index (χ3v) is 2.89. The lowest BCUT2D eigenvalue weighted by Gasteiger charge is -2.21. The van der Waals surface area contributed by atoms with E-state index in [4.69, 9.17) is 0 Å². The van der Waals surface area contributed by atoms with Gasteiger partial charge in [-0.3, -0.25) is 9.59 Å². The van der Waals surface area contributed by atoms with Crippen molar-refractivity contribution in [1.82, 2.24) is 0 Å². The molecule has 1 aromatic carbocycles. The predicted octanol–water partition coefficient (Wildman–Crippen LogP) is 1.32. The summed E-state index contributed by atoms with van der Waals surface area (Å²) in [4.78, 5) is 34.3. The number of hydrogen-bond acceptors (Lipinski definition) is 5. The van der Waals surface area contributed by atoms with Crippen LogP contribution in [0.15, 0.2) is 30.3 Å². The SMILES string of the molecule is COC(=O)C(C(=O)OC)C(CC=O)c1ccccc1. The Kier molecular flexibility index (Phi) is 5.73. The number of benzene rings is 1. The molecule has 19 heavy (non-hydrogen) atoms. The first kappa shape index (κ1) is 14.9. The van der Waals surface area contributed by atoms with E-state index in [1.54, 1.807) is 24.3 Å². The number of aldehydes is 1. The largest absolute Gasteiger partial charge is 0.468 e. The lowest BCUT2D eigenvalue weighted by atomic mass is 9.84. The van der Waals surface area contributed by atoms with Crippen molar-refractivity contribution < 1.29 is 23.9 Å². The molecule has 0 radical (unpaired) electrons. The first-order chi connectivity index (χ1) is 9.15. The van der Waals surface area contributed by atoms with Crippen LogP contribution in [-0.4, -0.2) is 32.4 Å². The molecule has 0 fully saturated rings. The van der Waals surface area contributed by atoms with E-state index in [2.05, 4.69) is 9.47 Å². The van der Waals surface area contributed by atoms with E-state index < -0.39 is 23.8 Å². The Morgan fingerprint density at radius 1 is 1.11 bits per heavy atom. The van der Waals surface area contributed by atoms with E-state index in [9.17, 15) is 14.4 Å². The van der Waals surface area contributed by atoms with E-state index in [0.29, 0.717) is 6.29 Å². The summed E-state index contributed by atoms with van der Waals surface area (Å²) in [6, 6.07) is 8.88. The maximum Gasteiger partial charge on any atom is 0.320 e. The highest BCUT2D eigenvalue weighted by Crippen LogP contribution is 2.29. The number of hydrogen-bond donors (Lipinski definition) is 0. The standard InChI is InChI=1S/C14H16O5/c1-18-13(16)12(14(17)19-2)11(8-9-15)10-6-4-3-5-7-10/h3-7,9,11-12H,8H2,1-2H3. The molecule has 102 valence electrons. The molecule has 1 aromatic rings. The summed E-state index contributed by atoms with van der Waals surface area (Å²) in [5.41, 5.74) is 0.718. The molecule has 1 atom stereocenters. The van der Waals surface area contributed by atoms with Gasteiger partial charge >= 0.3 is 11.9 Å². The summed E-state index contributed by atoms with van der Waals surface area (Å²) in [7, 11) is 2.39. The molecule has 0 N–H and O–H groups in total. The first-order valence-electron chi connectivity index (χ1n) is 5.80. The first-order valence-corrected chi connectivity index (χ1v) is 5.80. The highest BCUT2D eigenvalue weighted by molar-refractivity contribution is 5.96. The molecule has 0 saturated heterocycles. The molecule has 0 spiro atoms. The third kappa shape index (κ3) is 3.64. The monoisotopic (exact) mass is 264 g/mol. The molecule has 1 rings (SSSR count). The third-order valence-electron chi connectivity index (χ3n) is 2.89. The fourth-order valence-corrected chi connectivity index (χ4v) is 1.95. The minimum atomic E-state index is -1.14. The minimum Gasteiger partial charge on any atom is -0.468 e. The average Bonchev–Trinajstić information content (AvgIpc) is 2.46. The van der Waals surface area contributed by atoms with Crippen LogP contribution in [0.5, 0.6) is 0 Å². The highest BCUT2D eigenvalue weighted by atomic mass is 16.5. The minimum absolute atomic E-state index is 0.0406. The second-order valence-corrected chi connectivity index (χ2v) is 3.94. The van der Waals surface area contributed by atoms with Crippen molar-refractivity contribution in [3.05, 3.63) is 35.9 Å². The van der Waals surface area contributed by atoms with Crippen LogP contribution >= 0.6 is 0 Å². The zero-order chi connectivity index (χ0) is 14.3. The molecular weight excluding hydrogens is 248 g/mol. The van der Waals surface area contributed by atoms with Crippen LogP contribution in [0.25, 0.3) is 0 Å². The van der Waals surface area contributed by atoms with Crippen LogP contribution in [0.3, 0.4) is 0 Å². The molecule has 0 saturated carbocycles. The second kappa shape index (κ2) is 7.31. The number of carbonyl (C=O) groups is 3. The molecular formula is C14H16O5. The lowest BCUT2D eigenvalue weighted by Crippen LogP contribution is -2.32. The van der Waals surface area contributed by atoms with Crippen molar-refractivity contribution in [2.45, 2.75) is 12.3 Å². The fraction of sp³-hybridized carbons (Fsp3) is 0.357. The van der Waals surface area contributed by atoms with E-state index >= 15 is 0 Å². The van der Waals surface area contributed by atoms with Crippen LogP contribution in [0.2, 0.25) is 0 Å². The van der Waals surface area contributed by atoms with Gasteiger partial charge in [-0.15, -0.1) is 0 Å². The fourth-order valence-electron chi connectivity index (χ4n) is 1.95. The number of esters is 2. The lowest BCUT2D eigenvalue weighted by molar-refractivity contribution is -0.160. The van der Waals surface area contributed by atoms with Gasteiger partial charge in [0.15, 0.2) is 5.92 Å². The van der Waals surface area contributed by atoms with Crippen LogP contribution < -0.4 is 0 Å². The van der Waals surface area contributed by atoms with Crippen LogP contribution in [0.4, 0.5) is 0 Å². The number of rotatable bonds is 6. The molecule has 0 aliphatic heterocycles. The smallest absolute Gasteiger partial charge is 0.320 e. The number of carbonyl (C=O) groups excluding carboxylic acids is 3. The zero-order valence-electron chi connectivity index (χ0n) is 10.9. The number of methoxy groups -OCH3 is 2. The van der Waals surface area contributed by atoms with Crippen LogP contribution in [0, 0.1) is 5.92 Å². The molecule has 0 heterocycles. The average molecular weight is 264 g/mol. The molecule has 5 heteroatoms. The molecule has 0 bridgehead atoms. The van der Waals surface area contributed by atoms with Crippen molar-refractivity contribution in [2.24, 2.45) is 5.92 Å². The Bertz CT molecular complexity index is 424. The molecule has 0 aliphatic rings. The van der Waals surface area contributed by atoms with Gasteiger partial charge in [-0.05, 0) is 5.56 Å². The van der Waals surface area contributed by atoms with Crippen LogP contribution in [-0.2, 0) is 23.9 Å². The number of ether oxygens (including phenoxy) is 2. The Hall–Kier alpha value is -2.17.